The molecule has 0 radical (unpaired) electrons. The Morgan fingerprint density at radius 2 is 1.67 bits per heavy atom. The molecular weight excluding hydrogens is 302 g/mol. The molecule has 1 atom stereocenters. The van der Waals surface area contributed by atoms with Crippen LogP contribution in [0.3, 0.4) is 0 Å². The molecule has 2 aliphatic heterocycles. The van der Waals surface area contributed by atoms with Gasteiger partial charge in [-0.2, -0.15) is 0 Å². The van der Waals surface area contributed by atoms with E-state index in [0.717, 1.165) is 50.6 Å². The SMILES string of the molecule is c1ccc2c(c1)OCC(CCc1ccc(N3CCOCC3)cc1)O2. The van der Waals surface area contributed by atoms with Crippen LogP contribution in [0.25, 0.3) is 0 Å². The number of anilines is 1. The van der Waals surface area contributed by atoms with Crippen LogP contribution in [0.1, 0.15) is 12.0 Å². The van der Waals surface area contributed by atoms with Crippen LogP contribution in [0.5, 0.6) is 11.5 Å². The third kappa shape index (κ3) is 3.49. The van der Waals surface area contributed by atoms with E-state index in [4.69, 9.17) is 14.2 Å². The Kier molecular flexibility index (Phi) is 4.56. The number of rotatable bonds is 4. The van der Waals surface area contributed by atoms with Gasteiger partial charge in [0.25, 0.3) is 0 Å². The summed E-state index contributed by atoms with van der Waals surface area (Å²) in [6.45, 7) is 4.23. The summed E-state index contributed by atoms with van der Waals surface area (Å²) < 4.78 is 17.2. The second-order valence-electron chi connectivity index (χ2n) is 6.30. The molecule has 1 saturated heterocycles. The van der Waals surface area contributed by atoms with E-state index in [2.05, 4.69) is 29.2 Å². The largest absolute Gasteiger partial charge is 0.486 e. The van der Waals surface area contributed by atoms with Gasteiger partial charge in [-0.25, -0.2) is 0 Å². The summed E-state index contributed by atoms with van der Waals surface area (Å²) in [4.78, 5) is 2.38. The normalized spacial score (nSPS) is 20.0. The van der Waals surface area contributed by atoms with Crippen LogP contribution >= 0.6 is 0 Å². The van der Waals surface area contributed by atoms with Gasteiger partial charge in [0.1, 0.15) is 12.7 Å². The molecule has 2 aliphatic rings. The van der Waals surface area contributed by atoms with Gasteiger partial charge < -0.3 is 19.1 Å². The number of nitrogens with zero attached hydrogens (tertiary/aromatic N) is 1. The first-order chi connectivity index (χ1) is 11.9. The van der Waals surface area contributed by atoms with Crippen LogP contribution in [0.15, 0.2) is 48.5 Å². The molecule has 0 saturated carbocycles. The van der Waals surface area contributed by atoms with Gasteiger partial charge in [0, 0.05) is 18.8 Å². The number of aryl methyl sites for hydroxylation is 1. The molecule has 2 heterocycles. The van der Waals surface area contributed by atoms with Gasteiger partial charge >= 0.3 is 0 Å². The predicted molar refractivity (Wildman–Crippen MR) is 94.1 cm³/mol. The van der Waals surface area contributed by atoms with Crippen LogP contribution in [-0.4, -0.2) is 39.0 Å². The molecule has 1 unspecified atom stereocenters. The predicted octanol–water partition coefficient (Wildman–Crippen LogP) is 3.30. The highest BCUT2D eigenvalue weighted by Gasteiger charge is 2.20. The Hall–Kier alpha value is -2.20. The quantitative estimate of drug-likeness (QED) is 0.863. The van der Waals surface area contributed by atoms with Crippen molar-refractivity contribution in [1.29, 1.82) is 0 Å². The van der Waals surface area contributed by atoms with Crippen LogP contribution in [0.4, 0.5) is 5.69 Å². The molecule has 1 fully saturated rings. The molecule has 0 aromatic heterocycles. The third-order valence-electron chi connectivity index (χ3n) is 4.64. The van der Waals surface area contributed by atoms with E-state index in [9.17, 15) is 0 Å². The highest BCUT2D eigenvalue weighted by molar-refractivity contribution is 5.48. The summed E-state index contributed by atoms with van der Waals surface area (Å²) in [6, 6.07) is 16.8. The van der Waals surface area contributed by atoms with E-state index in [0.29, 0.717) is 6.61 Å². The zero-order valence-electron chi connectivity index (χ0n) is 13.8. The molecule has 0 bridgehead atoms. The Morgan fingerprint density at radius 3 is 2.46 bits per heavy atom. The lowest BCUT2D eigenvalue weighted by atomic mass is 10.1. The van der Waals surface area contributed by atoms with Crippen molar-refractivity contribution in [3.05, 3.63) is 54.1 Å². The monoisotopic (exact) mass is 325 g/mol. The zero-order chi connectivity index (χ0) is 16.2. The van der Waals surface area contributed by atoms with E-state index < -0.39 is 0 Å². The van der Waals surface area contributed by atoms with Crippen molar-refractivity contribution >= 4 is 5.69 Å². The van der Waals surface area contributed by atoms with E-state index >= 15 is 0 Å². The van der Waals surface area contributed by atoms with Gasteiger partial charge in [-0.15, -0.1) is 0 Å². The molecule has 0 amide bonds. The number of hydrogen-bond acceptors (Lipinski definition) is 4. The lowest BCUT2D eigenvalue weighted by molar-refractivity contribution is 0.0851. The smallest absolute Gasteiger partial charge is 0.161 e. The number of fused-ring (bicyclic) bond motifs is 1. The number of para-hydroxylation sites is 2. The molecule has 0 N–H and O–H groups in total. The van der Waals surface area contributed by atoms with Crippen molar-refractivity contribution < 1.29 is 14.2 Å². The van der Waals surface area contributed by atoms with Crippen molar-refractivity contribution in [2.24, 2.45) is 0 Å². The van der Waals surface area contributed by atoms with Gasteiger partial charge in [-0.05, 0) is 42.7 Å². The van der Waals surface area contributed by atoms with Gasteiger partial charge in [-0.1, -0.05) is 24.3 Å². The van der Waals surface area contributed by atoms with Crippen molar-refractivity contribution in [3.8, 4) is 11.5 Å². The fraction of sp³-hybridized carbons (Fsp3) is 0.400. The van der Waals surface area contributed by atoms with Gasteiger partial charge in [0.2, 0.25) is 0 Å². The van der Waals surface area contributed by atoms with E-state index in [1.807, 2.05) is 24.3 Å². The Balaban J connectivity index is 1.31. The highest BCUT2D eigenvalue weighted by atomic mass is 16.6. The summed E-state index contributed by atoms with van der Waals surface area (Å²) in [5, 5.41) is 0. The molecule has 0 spiro atoms. The maximum absolute atomic E-state index is 6.03. The van der Waals surface area contributed by atoms with Crippen molar-refractivity contribution in [2.75, 3.05) is 37.8 Å². The minimum atomic E-state index is 0.124. The molecule has 24 heavy (non-hydrogen) atoms. The molecule has 4 heteroatoms. The second kappa shape index (κ2) is 7.14. The van der Waals surface area contributed by atoms with Crippen molar-refractivity contribution in [1.82, 2.24) is 0 Å². The summed E-state index contributed by atoms with van der Waals surface area (Å²) >= 11 is 0. The summed E-state index contributed by atoms with van der Waals surface area (Å²) in [6.07, 6.45) is 2.09. The topological polar surface area (TPSA) is 30.9 Å². The van der Waals surface area contributed by atoms with Crippen LogP contribution < -0.4 is 14.4 Å². The summed E-state index contributed by atoms with van der Waals surface area (Å²) in [7, 11) is 0. The minimum Gasteiger partial charge on any atom is -0.486 e. The zero-order valence-corrected chi connectivity index (χ0v) is 13.8. The first kappa shape index (κ1) is 15.3. The van der Waals surface area contributed by atoms with Crippen LogP contribution in [-0.2, 0) is 11.2 Å². The Labute approximate surface area is 142 Å². The highest BCUT2D eigenvalue weighted by Crippen LogP contribution is 2.31. The average molecular weight is 325 g/mol. The number of ether oxygens (including phenoxy) is 3. The molecule has 0 aliphatic carbocycles. The summed E-state index contributed by atoms with van der Waals surface area (Å²) in [5.41, 5.74) is 2.63. The fourth-order valence-electron chi connectivity index (χ4n) is 3.23. The number of morpholine rings is 1. The Morgan fingerprint density at radius 1 is 0.917 bits per heavy atom. The maximum Gasteiger partial charge on any atom is 0.161 e. The number of benzene rings is 2. The first-order valence-electron chi connectivity index (χ1n) is 8.68. The third-order valence-corrected chi connectivity index (χ3v) is 4.64. The molecule has 4 nitrogen and oxygen atoms in total. The molecule has 4 rings (SSSR count). The van der Waals surface area contributed by atoms with E-state index in [-0.39, 0.29) is 6.10 Å². The van der Waals surface area contributed by atoms with Gasteiger partial charge in [0.05, 0.1) is 13.2 Å². The fourth-order valence-corrected chi connectivity index (χ4v) is 3.23. The first-order valence-corrected chi connectivity index (χ1v) is 8.68. The molecule has 2 aromatic rings. The molecular formula is C20H23NO3. The van der Waals surface area contributed by atoms with Gasteiger partial charge in [0.15, 0.2) is 11.5 Å². The van der Waals surface area contributed by atoms with Crippen LogP contribution in [0, 0.1) is 0 Å². The van der Waals surface area contributed by atoms with Crippen molar-refractivity contribution in [2.45, 2.75) is 18.9 Å². The second-order valence-corrected chi connectivity index (χ2v) is 6.30. The van der Waals surface area contributed by atoms with Gasteiger partial charge in [-0.3, -0.25) is 0 Å². The molecule has 126 valence electrons. The lowest BCUT2D eigenvalue weighted by Gasteiger charge is -2.29. The standard InChI is InChI=1S/C20H23NO3/c1-2-4-20-19(3-1)23-15-18(24-20)10-7-16-5-8-17(9-6-16)21-11-13-22-14-12-21/h1-6,8-9,18H,7,10-15H2. The lowest BCUT2D eigenvalue weighted by Crippen LogP contribution is -2.36. The maximum atomic E-state index is 6.03. The Bertz CT molecular complexity index is 665. The van der Waals surface area contributed by atoms with Crippen LogP contribution in [0.2, 0.25) is 0 Å². The van der Waals surface area contributed by atoms with E-state index in [1.54, 1.807) is 0 Å². The molecule has 2 aromatic carbocycles. The average Bonchev–Trinajstić information content (AvgIpc) is 2.67. The van der Waals surface area contributed by atoms with E-state index in [1.165, 1.54) is 11.3 Å². The summed E-state index contributed by atoms with van der Waals surface area (Å²) in [5.74, 6) is 1.71. The van der Waals surface area contributed by atoms with Crippen molar-refractivity contribution in [3.63, 3.8) is 0 Å². The minimum absolute atomic E-state index is 0.124. The number of hydrogen-bond donors (Lipinski definition) is 0.